The lowest BCUT2D eigenvalue weighted by molar-refractivity contribution is -0.331. The van der Waals surface area contributed by atoms with Crippen molar-refractivity contribution in [3.05, 3.63) is 0 Å². The fourth-order valence-corrected chi connectivity index (χ4v) is 3.20. The molecule has 1 atom stereocenters. The van der Waals surface area contributed by atoms with Crippen LogP contribution in [-0.4, -0.2) is 95.0 Å². The Kier molecular flexibility index (Phi) is 5.86. The van der Waals surface area contributed by atoms with Gasteiger partial charge in [0.2, 0.25) is 0 Å². The number of carbonyl (C=O) groups is 1. The van der Waals surface area contributed by atoms with Gasteiger partial charge in [0.1, 0.15) is 23.5 Å². The van der Waals surface area contributed by atoms with E-state index in [4.69, 9.17) is 0 Å². The van der Waals surface area contributed by atoms with Crippen molar-refractivity contribution in [1.82, 2.24) is 9.80 Å². The van der Waals surface area contributed by atoms with Gasteiger partial charge in [0, 0.05) is 24.6 Å². The average Bonchev–Trinajstić information content (AvgIpc) is 2.36. The predicted molar refractivity (Wildman–Crippen MR) is 95.2 cm³/mol. The molecule has 1 rings (SSSR count). The highest BCUT2D eigenvalue weighted by Gasteiger charge is 2.71. The summed E-state index contributed by atoms with van der Waals surface area (Å²) in [6.07, 6.45) is -13.2. The van der Waals surface area contributed by atoms with Crippen molar-refractivity contribution in [3.63, 3.8) is 0 Å². The number of nitrogens with zero attached hydrogens (tertiary/aromatic N) is 2. The van der Waals surface area contributed by atoms with E-state index in [9.17, 15) is 31.1 Å². The van der Waals surface area contributed by atoms with E-state index >= 15 is 0 Å². The number of halogens is 6. The molecule has 14 heteroatoms. The van der Waals surface area contributed by atoms with Crippen LogP contribution in [0.15, 0.2) is 0 Å². The molecule has 1 unspecified atom stereocenters. The van der Waals surface area contributed by atoms with Crippen molar-refractivity contribution in [2.24, 2.45) is 0 Å². The van der Waals surface area contributed by atoms with Crippen LogP contribution in [0.1, 0.15) is 20.8 Å². The minimum absolute atomic E-state index is 0.0595. The lowest BCUT2D eigenvalue weighted by atomic mass is 9.57. The summed E-state index contributed by atoms with van der Waals surface area (Å²) < 4.78 is 81.8. The summed E-state index contributed by atoms with van der Waals surface area (Å²) >= 11 is 0. The number of hydrogen-bond acceptors (Lipinski definition) is 3. The third-order valence-corrected chi connectivity index (χ3v) is 4.68. The van der Waals surface area contributed by atoms with Gasteiger partial charge in [-0.2, -0.15) is 26.3 Å². The van der Waals surface area contributed by atoms with E-state index in [-0.39, 0.29) is 19.9 Å². The average molecular weight is 384 g/mol. The lowest BCUT2D eigenvalue weighted by Gasteiger charge is -2.56. The van der Waals surface area contributed by atoms with E-state index in [1.54, 1.807) is 23.5 Å². The van der Waals surface area contributed by atoms with Crippen LogP contribution < -0.4 is 0 Å². The van der Waals surface area contributed by atoms with Gasteiger partial charge >= 0.3 is 18.4 Å². The maximum absolute atomic E-state index is 13.0. The first-order chi connectivity index (χ1) is 11.2. The number of alkyl halides is 6. The molecule has 0 spiro atoms. The molecule has 1 saturated heterocycles. The number of amides is 1. The Morgan fingerprint density at radius 2 is 1.50 bits per heavy atom. The highest BCUT2D eigenvalue weighted by molar-refractivity contribution is 6.40. The van der Waals surface area contributed by atoms with Gasteiger partial charge in [-0.15, -0.1) is 0 Å². The van der Waals surface area contributed by atoms with Crippen molar-refractivity contribution in [2.45, 2.75) is 55.4 Å². The van der Waals surface area contributed by atoms with Crippen LogP contribution in [0.5, 0.6) is 0 Å². The molecule has 1 heterocycles. The molecule has 0 radical (unpaired) electrons. The molecular weight excluding hydrogens is 361 g/mol. The summed E-state index contributed by atoms with van der Waals surface area (Å²) in [6, 6.07) is 0. The predicted octanol–water partition coefficient (Wildman–Crippen LogP) is -1.13. The van der Waals surface area contributed by atoms with Crippen molar-refractivity contribution in [1.29, 1.82) is 0 Å². The van der Waals surface area contributed by atoms with Crippen LogP contribution >= 0.6 is 0 Å². The van der Waals surface area contributed by atoms with E-state index in [1.165, 1.54) is 0 Å². The third kappa shape index (κ3) is 4.31. The minimum atomic E-state index is -5.78. The Morgan fingerprint density at radius 3 is 1.85 bits per heavy atom. The van der Waals surface area contributed by atoms with Gasteiger partial charge in [-0.1, -0.05) is 0 Å². The van der Waals surface area contributed by atoms with Gasteiger partial charge in [0.15, 0.2) is 7.85 Å². The Morgan fingerprint density at radius 1 is 1.08 bits per heavy atom. The van der Waals surface area contributed by atoms with Crippen LogP contribution in [-0.2, 0) is 4.74 Å². The first kappa shape index (κ1) is 23.1. The number of ether oxygens (including phenoxy) is 1. The second kappa shape index (κ2) is 6.60. The Hall–Kier alpha value is -0.930. The Labute approximate surface area is 152 Å². The summed E-state index contributed by atoms with van der Waals surface area (Å²) in [7, 11) is 4.94. The number of piperazine rings is 1. The van der Waals surface area contributed by atoms with Crippen LogP contribution in [0.2, 0.25) is 0 Å². The molecule has 1 aliphatic rings. The molecule has 0 aliphatic carbocycles. The summed E-state index contributed by atoms with van der Waals surface area (Å²) in [4.78, 5) is 15.2. The number of hydrogen-bond donors (Lipinski definition) is 0. The fourth-order valence-electron chi connectivity index (χ4n) is 3.20. The van der Waals surface area contributed by atoms with E-state index in [0.29, 0.717) is 6.54 Å². The van der Waals surface area contributed by atoms with Gasteiger partial charge in [-0.3, -0.25) is 0 Å². The molecule has 26 heavy (non-hydrogen) atoms. The van der Waals surface area contributed by atoms with Crippen LogP contribution in [0.25, 0.3) is 0 Å². The van der Waals surface area contributed by atoms with Crippen LogP contribution in [0.4, 0.5) is 31.1 Å². The topological polar surface area (TPSA) is 32.8 Å². The molecule has 146 valence electrons. The SMILES string of the molecule is BC1CN(C(C)(C)C)C(B)(B)CN1C(=O)OC(B)(C(F)(F)F)C(F)(F)F. The zero-order valence-electron chi connectivity index (χ0n) is 16.0. The quantitative estimate of drug-likeness (QED) is 0.425. The molecule has 0 N–H and O–H groups in total. The van der Waals surface area contributed by atoms with Crippen molar-refractivity contribution < 1.29 is 35.9 Å². The highest BCUT2D eigenvalue weighted by atomic mass is 19.4. The molecule has 0 aromatic heterocycles. The molecule has 0 aromatic carbocycles. The standard InChI is InChI=1S/C12H22B4F6N2O2/c1-8(2,3)24-4-6(13)23(5-9(24,14)15)7(25)26-10(16,11(17,18)19)12(20,21)22/h6H,4-5,13-16H2,1-3H3. The van der Waals surface area contributed by atoms with E-state index in [2.05, 4.69) is 9.64 Å². The molecule has 0 bridgehead atoms. The first-order valence-electron chi connectivity index (χ1n) is 8.15. The molecule has 1 fully saturated rings. The second-order valence-electron chi connectivity index (χ2n) is 8.47. The molecule has 0 saturated carbocycles. The second-order valence-corrected chi connectivity index (χ2v) is 8.47. The van der Waals surface area contributed by atoms with Crippen LogP contribution in [0.3, 0.4) is 0 Å². The maximum atomic E-state index is 13.0. The molecule has 0 aromatic rings. The molecule has 4 nitrogen and oxygen atoms in total. The van der Waals surface area contributed by atoms with Gasteiger partial charge in [0.05, 0.1) is 0 Å². The van der Waals surface area contributed by atoms with Crippen molar-refractivity contribution in [3.8, 4) is 0 Å². The zero-order valence-corrected chi connectivity index (χ0v) is 16.0. The Balaban J connectivity index is 3.11. The summed E-state index contributed by atoms with van der Waals surface area (Å²) in [5.41, 5.74) is -4.86. The van der Waals surface area contributed by atoms with Gasteiger partial charge in [0.25, 0.3) is 5.50 Å². The summed E-state index contributed by atoms with van der Waals surface area (Å²) in [6.45, 7) is 6.07. The van der Waals surface area contributed by atoms with Gasteiger partial charge in [-0.25, -0.2) is 4.79 Å². The van der Waals surface area contributed by atoms with E-state index < -0.39 is 35.2 Å². The van der Waals surface area contributed by atoms with Crippen molar-refractivity contribution in [2.75, 3.05) is 13.1 Å². The summed E-state index contributed by atoms with van der Waals surface area (Å²) in [5, 5.41) is -0.656. The third-order valence-electron chi connectivity index (χ3n) is 4.68. The van der Waals surface area contributed by atoms with Crippen molar-refractivity contribution >= 4 is 37.5 Å². The minimum Gasteiger partial charge on any atom is -0.433 e. The summed E-state index contributed by atoms with van der Waals surface area (Å²) in [5.74, 6) is -0.611. The largest absolute Gasteiger partial charge is 0.433 e. The molecular formula is C12H22B4F6N2O2. The van der Waals surface area contributed by atoms with Gasteiger partial charge in [-0.05, 0) is 26.1 Å². The lowest BCUT2D eigenvalue weighted by Crippen LogP contribution is -2.72. The number of rotatable bonds is 1. The number of carbonyl (C=O) groups excluding carboxylic acids is 1. The fraction of sp³-hybridized carbons (Fsp3) is 0.917. The van der Waals surface area contributed by atoms with Crippen LogP contribution in [0, 0.1) is 0 Å². The first-order valence-corrected chi connectivity index (χ1v) is 8.15. The Bertz CT molecular complexity index is 535. The smallest absolute Gasteiger partial charge is 0.428 e. The van der Waals surface area contributed by atoms with E-state index in [0.717, 1.165) is 4.90 Å². The van der Waals surface area contributed by atoms with E-state index in [1.807, 2.05) is 20.8 Å². The molecule has 1 amide bonds. The van der Waals surface area contributed by atoms with Gasteiger partial charge < -0.3 is 14.5 Å². The molecule has 1 aliphatic heterocycles. The monoisotopic (exact) mass is 384 g/mol. The normalized spacial score (nSPS) is 23.0. The highest BCUT2D eigenvalue weighted by Crippen LogP contribution is 2.44. The zero-order chi connectivity index (χ0) is 20.9. The maximum Gasteiger partial charge on any atom is 0.428 e.